The van der Waals surface area contributed by atoms with Crippen LogP contribution in [-0.4, -0.2) is 4.57 Å². The van der Waals surface area contributed by atoms with E-state index in [9.17, 15) is 0 Å². The molecule has 9 rings (SSSR count). The largest absolute Gasteiger partial charge is 0.311 e. The van der Waals surface area contributed by atoms with E-state index in [0.29, 0.717) is 0 Å². The van der Waals surface area contributed by atoms with Gasteiger partial charge in [0.1, 0.15) is 0 Å². The lowest BCUT2D eigenvalue weighted by atomic mass is 9.99. The lowest BCUT2D eigenvalue weighted by Crippen LogP contribution is -2.09. The number of nitrogens with zero attached hydrogens (tertiary/aromatic N) is 2. The number of aryl methyl sites for hydroxylation is 2. The SMILES string of the molecule is Cc1ccc(N(c2ccc(C)cc2)c2ccc(C=Cc3ccc4cc(-c5ccc(-n6c7ccccc7c7ccccc76)cc5)ccc4c3)cc2)cc1. The van der Waals surface area contributed by atoms with Crippen LogP contribution in [0.4, 0.5) is 17.1 Å². The minimum absolute atomic E-state index is 1.13. The van der Waals surface area contributed by atoms with Crippen LogP contribution in [0.3, 0.4) is 0 Å². The average molecular weight is 667 g/mol. The standard InChI is InChI=1S/C50H38N2/c1-35-11-25-43(26-12-35)51(44-27-13-36(2)14-28-44)45-29-18-37(19-30-45)15-16-38-17-20-42-34-41(22-21-40(42)33-38)39-23-31-46(32-24-39)52-49-9-5-3-7-47(49)48-8-4-6-10-50(48)52/h3-34H,1-2H3. The molecule has 1 heterocycles. The molecule has 248 valence electrons. The van der Waals surface area contributed by atoms with E-state index in [-0.39, 0.29) is 0 Å². The van der Waals surface area contributed by atoms with Crippen molar-refractivity contribution < 1.29 is 0 Å². The summed E-state index contributed by atoms with van der Waals surface area (Å²) in [5.74, 6) is 0. The molecule has 0 saturated carbocycles. The van der Waals surface area contributed by atoms with Crippen molar-refractivity contribution in [2.75, 3.05) is 4.90 Å². The topological polar surface area (TPSA) is 8.17 Å². The molecule has 0 unspecified atom stereocenters. The maximum Gasteiger partial charge on any atom is 0.0541 e. The van der Waals surface area contributed by atoms with Gasteiger partial charge in [0.2, 0.25) is 0 Å². The fourth-order valence-corrected chi connectivity index (χ4v) is 7.31. The number of rotatable bonds is 7. The van der Waals surface area contributed by atoms with Gasteiger partial charge in [-0.25, -0.2) is 0 Å². The van der Waals surface area contributed by atoms with Gasteiger partial charge in [-0.2, -0.15) is 0 Å². The van der Waals surface area contributed by atoms with Crippen LogP contribution < -0.4 is 4.90 Å². The number of aromatic nitrogens is 1. The minimum atomic E-state index is 1.13. The Labute approximate surface area is 305 Å². The van der Waals surface area contributed by atoms with Crippen LogP contribution >= 0.6 is 0 Å². The Kier molecular flexibility index (Phi) is 7.98. The Morgan fingerprint density at radius 3 is 1.46 bits per heavy atom. The van der Waals surface area contributed by atoms with Crippen molar-refractivity contribution in [3.63, 3.8) is 0 Å². The maximum atomic E-state index is 2.36. The monoisotopic (exact) mass is 666 g/mol. The molecule has 2 heteroatoms. The Morgan fingerprint density at radius 2 is 0.865 bits per heavy atom. The van der Waals surface area contributed by atoms with Crippen molar-refractivity contribution >= 4 is 61.8 Å². The summed E-state index contributed by atoms with van der Waals surface area (Å²) in [6.07, 6.45) is 4.40. The summed E-state index contributed by atoms with van der Waals surface area (Å²) in [6.45, 7) is 4.25. The Bertz CT molecular complexity index is 2610. The summed E-state index contributed by atoms with van der Waals surface area (Å²) in [4.78, 5) is 2.31. The fourth-order valence-electron chi connectivity index (χ4n) is 7.31. The number of hydrogen-bond donors (Lipinski definition) is 0. The maximum absolute atomic E-state index is 2.36. The Balaban J connectivity index is 0.944. The van der Waals surface area contributed by atoms with Crippen LogP contribution in [-0.2, 0) is 0 Å². The average Bonchev–Trinajstić information content (AvgIpc) is 3.53. The molecule has 0 bridgehead atoms. The van der Waals surface area contributed by atoms with E-state index in [4.69, 9.17) is 0 Å². The van der Waals surface area contributed by atoms with Crippen molar-refractivity contribution in [1.82, 2.24) is 4.57 Å². The third kappa shape index (κ3) is 5.95. The summed E-state index contributed by atoms with van der Waals surface area (Å²) < 4.78 is 2.36. The highest BCUT2D eigenvalue weighted by Crippen LogP contribution is 2.36. The predicted molar refractivity (Wildman–Crippen MR) is 223 cm³/mol. The van der Waals surface area contributed by atoms with Crippen LogP contribution in [0.15, 0.2) is 182 Å². The molecule has 0 amide bonds. The number of para-hydroxylation sites is 2. The van der Waals surface area contributed by atoms with Crippen molar-refractivity contribution in [2.24, 2.45) is 0 Å². The van der Waals surface area contributed by atoms with E-state index >= 15 is 0 Å². The molecule has 0 fully saturated rings. The Morgan fingerprint density at radius 1 is 0.404 bits per heavy atom. The number of benzene rings is 8. The lowest BCUT2D eigenvalue weighted by Gasteiger charge is -2.25. The molecule has 0 saturated heterocycles. The molecule has 0 aliphatic rings. The smallest absolute Gasteiger partial charge is 0.0541 e. The molecule has 1 aromatic heterocycles. The molecule has 0 aliphatic heterocycles. The van der Waals surface area contributed by atoms with Gasteiger partial charge in [-0.05, 0) is 120 Å². The second-order valence-electron chi connectivity index (χ2n) is 13.7. The van der Waals surface area contributed by atoms with Crippen LogP contribution in [0.25, 0.3) is 61.5 Å². The van der Waals surface area contributed by atoms with Gasteiger partial charge in [0, 0.05) is 33.5 Å². The van der Waals surface area contributed by atoms with Gasteiger partial charge in [0.15, 0.2) is 0 Å². The summed E-state index contributed by atoms with van der Waals surface area (Å²) in [7, 11) is 0. The predicted octanol–water partition coefficient (Wildman–Crippen LogP) is 13.9. The molecule has 0 spiro atoms. The van der Waals surface area contributed by atoms with Crippen LogP contribution in [0.2, 0.25) is 0 Å². The second-order valence-corrected chi connectivity index (χ2v) is 13.7. The van der Waals surface area contributed by atoms with E-state index in [1.54, 1.807) is 0 Å². The Hall–Kier alpha value is -6.64. The third-order valence-corrected chi connectivity index (χ3v) is 10.1. The normalized spacial score (nSPS) is 11.6. The first-order valence-electron chi connectivity index (χ1n) is 17.9. The van der Waals surface area contributed by atoms with E-state index in [1.807, 2.05) is 0 Å². The quantitative estimate of drug-likeness (QED) is 0.154. The zero-order chi connectivity index (χ0) is 35.0. The third-order valence-electron chi connectivity index (χ3n) is 10.1. The first-order valence-corrected chi connectivity index (χ1v) is 17.9. The number of anilines is 3. The molecule has 0 atom stereocenters. The van der Waals surface area contributed by atoms with Crippen LogP contribution in [0, 0.1) is 13.8 Å². The lowest BCUT2D eigenvalue weighted by molar-refractivity contribution is 1.18. The van der Waals surface area contributed by atoms with Crippen molar-refractivity contribution in [2.45, 2.75) is 13.8 Å². The highest BCUT2D eigenvalue weighted by molar-refractivity contribution is 6.09. The highest BCUT2D eigenvalue weighted by Gasteiger charge is 2.13. The summed E-state index contributed by atoms with van der Waals surface area (Å²) in [6, 6.07) is 66.0. The van der Waals surface area contributed by atoms with Crippen molar-refractivity contribution in [1.29, 1.82) is 0 Å². The van der Waals surface area contributed by atoms with Gasteiger partial charge in [0.25, 0.3) is 0 Å². The minimum Gasteiger partial charge on any atom is -0.311 e. The zero-order valence-corrected chi connectivity index (χ0v) is 29.4. The van der Waals surface area contributed by atoms with Gasteiger partial charge in [-0.1, -0.05) is 132 Å². The molecule has 9 aromatic rings. The van der Waals surface area contributed by atoms with Gasteiger partial charge in [-0.3, -0.25) is 0 Å². The van der Waals surface area contributed by atoms with E-state index < -0.39 is 0 Å². The van der Waals surface area contributed by atoms with Gasteiger partial charge >= 0.3 is 0 Å². The zero-order valence-electron chi connectivity index (χ0n) is 29.4. The van der Waals surface area contributed by atoms with Gasteiger partial charge < -0.3 is 9.47 Å². The molecular formula is C50H38N2. The van der Waals surface area contributed by atoms with Crippen LogP contribution in [0.1, 0.15) is 22.3 Å². The van der Waals surface area contributed by atoms with E-state index in [0.717, 1.165) is 22.6 Å². The molecular weight excluding hydrogens is 629 g/mol. The van der Waals surface area contributed by atoms with Gasteiger partial charge in [0.05, 0.1) is 11.0 Å². The van der Waals surface area contributed by atoms with E-state index in [1.165, 1.54) is 66.1 Å². The molecule has 0 aliphatic carbocycles. The van der Waals surface area contributed by atoms with Gasteiger partial charge in [-0.15, -0.1) is 0 Å². The van der Waals surface area contributed by atoms with E-state index in [2.05, 4.69) is 217 Å². The number of hydrogen-bond acceptors (Lipinski definition) is 1. The molecule has 0 radical (unpaired) electrons. The van der Waals surface area contributed by atoms with Crippen LogP contribution in [0.5, 0.6) is 0 Å². The first-order chi connectivity index (χ1) is 25.6. The first kappa shape index (κ1) is 31.3. The molecule has 52 heavy (non-hydrogen) atoms. The molecule has 2 nitrogen and oxygen atoms in total. The fraction of sp³-hybridized carbons (Fsp3) is 0.0400. The highest BCUT2D eigenvalue weighted by atomic mass is 15.1. The number of fused-ring (bicyclic) bond motifs is 4. The summed E-state index contributed by atoms with van der Waals surface area (Å²) in [5, 5.41) is 5.03. The van der Waals surface area contributed by atoms with Crippen molar-refractivity contribution in [3.8, 4) is 16.8 Å². The molecule has 8 aromatic carbocycles. The second kappa shape index (κ2) is 13.2. The molecule has 0 N–H and O–H groups in total. The summed E-state index contributed by atoms with van der Waals surface area (Å²) >= 11 is 0. The van der Waals surface area contributed by atoms with Crippen molar-refractivity contribution in [3.05, 3.63) is 204 Å². The summed E-state index contributed by atoms with van der Waals surface area (Å²) in [5.41, 5.74) is 14.3.